The van der Waals surface area contributed by atoms with Gasteiger partial charge in [-0.25, -0.2) is 0 Å². The fourth-order valence-corrected chi connectivity index (χ4v) is 2.73. The molecule has 0 radical (unpaired) electrons. The third-order valence-electron chi connectivity index (χ3n) is 3.32. The summed E-state index contributed by atoms with van der Waals surface area (Å²) in [6, 6.07) is 0.953. The van der Waals surface area contributed by atoms with Crippen LogP contribution in [-0.2, 0) is 0 Å². The average molecular weight is 153 g/mol. The van der Waals surface area contributed by atoms with Crippen LogP contribution in [0.15, 0.2) is 0 Å². The molecule has 0 bridgehead atoms. The molecule has 0 N–H and O–H groups in total. The van der Waals surface area contributed by atoms with Crippen molar-refractivity contribution in [1.82, 2.24) is 4.90 Å². The minimum Gasteiger partial charge on any atom is -0.300 e. The maximum absolute atomic E-state index is 2.70. The van der Waals surface area contributed by atoms with E-state index in [1.54, 1.807) is 0 Å². The Morgan fingerprint density at radius 2 is 1.82 bits per heavy atom. The van der Waals surface area contributed by atoms with Gasteiger partial charge in [0.2, 0.25) is 0 Å². The van der Waals surface area contributed by atoms with Gasteiger partial charge in [-0.05, 0) is 37.6 Å². The van der Waals surface area contributed by atoms with E-state index < -0.39 is 0 Å². The van der Waals surface area contributed by atoms with E-state index in [0.717, 1.165) is 17.9 Å². The fourth-order valence-electron chi connectivity index (χ4n) is 2.73. The van der Waals surface area contributed by atoms with E-state index in [0.29, 0.717) is 0 Å². The normalized spacial score (nSPS) is 45.8. The second kappa shape index (κ2) is 2.78. The lowest BCUT2D eigenvalue weighted by molar-refractivity contribution is 0.160. The first-order chi connectivity index (χ1) is 5.25. The van der Waals surface area contributed by atoms with E-state index in [1.807, 2.05) is 0 Å². The molecule has 11 heavy (non-hydrogen) atoms. The molecule has 0 aromatic carbocycles. The van der Waals surface area contributed by atoms with E-state index >= 15 is 0 Å². The Hall–Kier alpha value is -0.0400. The van der Waals surface area contributed by atoms with Crippen LogP contribution in [0, 0.1) is 11.8 Å². The van der Waals surface area contributed by atoms with Crippen molar-refractivity contribution in [3.8, 4) is 0 Å². The van der Waals surface area contributed by atoms with Crippen LogP contribution in [0.2, 0.25) is 0 Å². The minimum atomic E-state index is 0.953. The molecule has 0 spiro atoms. The lowest BCUT2D eigenvalue weighted by Gasteiger charge is -2.32. The molecule has 2 saturated heterocycles. The number of nitrogens with zero attached hydrogens (tertiary/aromatic N) is 1. The van der Waals surface area contributed by atoms with E-state index in [4.69, 9.17) is 0 Å². The number of hydrogen-bond acceptors (Lipinski definition) is 1. The molecule has 64 valence electrons. The Labute approximate surface area is 69.8 Å². The van der Waals surface area contributed by atoms with Gasteiger partial charge in [0.1, 0.15) is 0 Å². The van der Waals surface area contributed by atoms with Crippen LogP contribution in [0.5, 0.6) is 0 Å². The van der Waals surface area contributed by atoms with Gasteiger partial charge in [-0.15, -0.1) is 0 Å². The molecular weight excluding hydrogens is 134 g/mol. The highest BCUT2D eigenvalue weighted by Crippen LogP contribution is 2.32. The summed E-state index contributed by atoms with van der Waals surface area (Å²) >= 11 is 0. The molecule has 2 rings (SSSR count). The summed E-state index contributed by atoms with van der Waals surface area (Å²) in [4.78, 5) is 2.70. The Morgan fingerprint density at radius 3 is 2.64 bits per heavy atom. The summed E-state index contributed by atoms with van der Waals surface area (Å²) in [5, 5.41) is 0. The van der Waals surface area contributed by atoms with Gasteiger partial charge >= 0.3 is 0 Å². The van der Waals surface area contributed by atoms with E-state index in [9.17, 15) is 0 Å². The fraction of sp³-hybridized carbons (Fsp3) is 1.00. The van der Waals surface area contributed by atoms with Gasteiger partial charge in [-0.1, -0.05) is 13.8 Å². The zero-order valence-electron chi connectivity index (χ0n) is 7.71. The molecule has 0 amide bonds. The van der Waals surface area contributed by atoms with Crippen LogP contribution >= 0.6 is 0 Å². The molecule has 2 aliphatic rings. The topological polar surface area (TPSA) is 3.24 Å². The summed E-state index contributed by atoms with van der Waals surface area (Å²) in [6.45, 7) is 7.54. The molecule has 1 heteroatoms. The Balaban J connectivity index is 1.97. The maximum Gasteiger partial charge on any atom is 0.0101 e. The van der Waals surface area contributed by atoms with E-state index in [-0.39, 0.29) is 0 Å². The van der Waals surface area contributed by atoms with E-state index in [1.165, 1.54) is 32.4 Å². The molecule has 3 atom stereocenters. The molecule has 2 aliphatic heterocycles. The number of fused-ring (bicyclic) bond motifs is 1. The molecule has 1 nitrogen and oxygen atoms in total. The predicted molar refractivity (Wildman–Crippen MR) is 47.5 cm³/mol. The van der Waals surface area contributed by atoms with Gasteiger partial charge in [-0.3, -0.25) is 0 Å². The molecule has 0 aromatic rings. The Kier molecular flexibility index (Phi) is 1.92. The van der Waals surface area contributed by atoms with Gasteiger partial charge in [0.05, 0.1) is 0 Å². The van der Waals surface area contributed by atoms with Crippen molar-refractivity contribution in [2.45, 2.75) is 39.2 Å². The number of hydrogen-bond donors (Lipinski definition) is 0. The molecule has 0 saturated carbocycles. The largest absolute Gasteiger partial charge is 0.300 e. The highest BCUT2D eigenvalue weighted by atomic mass is 15.2. The van der Waals surface area contributed by atoms with Crippen molar-refractivity contribution >= 4 is 0 Å². The minimum absolute atomic E-state index is 0.953. The van der Waals surface area contributed by atoms with Crippen LogP contribution < -0.4 is 0 Å². The highest BCUT2D eigenvalue weighted by Gasteiger charge is 2.33. The first kappa shape index (κ1) is 7.60. The van der Waals surface area contributed by atoms with Gasteiger partial charge in [-0.2, -0.15) is 0 Å². The summed E-state index contributed by atoms with van der Waals surface area (Å²) in [6.07, 6.45) is 4.36. The van der Waals surface area contributed by atoms with Crippen LogP contribution in [0.3, 0.4) is 0 Å². The quantitative estimate of drug-likeness (QED) is 0.515. The van der Waals surface area contributed by atoms with Gasteiger partial charge in [0.25, 0.3) is 0 Å². The van der Waals surface area contributed by atoms with Crippen molar-refractivity contribution < 1.29 is 0 Å². The van der Waals surface area contributed by atoms with Crippen molar-refractivity contribution in [2.24, 2.45) is 11.8 Å². The SMILES string of the molecule is C[C@@H]1CCN2C[C@@H](C)C[C@H]2C1. The number of piperidine rings is 1. The second-order valence-corrected chi connectivity index (χ2v) is 4.62. The lowest BCUT2D eigenvalue weighted by atomic mass is 9.92. The molecule has 2 heterocycles. The lowest BCUT2D eigenvalue weighted by Crippen LogP contribution is -2.37. The van der Waals surface area contributed by atoms with Crippen LogP contribution in [-0.4, -0.2) is 24.0 Å². The second-order valence-electron chi connectivity index (χ2n) is 4.62. The first-order valence-electron chi connectivity index (χ1n) is 4.99. The number of rotatable bonds is 0. The summed E-state index contributed by atoms with van der Waals surface area (Å²) in [7, 11) is 0. The van der Waals surface area contributed by atoms with Crippen LogP contribution in [0.25, 0.3) is 0 Å². The predicted octanol–water partition coefficient (Wildman–Crippen LogP) is 2.13. The van der Waals surface area contributed by atoms with Gasteiger partial charge < -0.3 is 4.90 Å². The molecule has 0 unspecified atom stereocenters. The van der Waals surface area contributed by atoms with E-state index in [2.05, 4.69) is 18.7 Å². The van der Waals surface area contributed by atoms with Crippen molar-refractivity contribution in [1.29, 1.82) is 0 Å². The van der Waals surface area contributed by atoms with Gasteiger partial charge in [0, 0.05) is 12.6 Å². The summed E-state index contributed by atoms with van der Waals surface area (Å²) in [5.41, 5.74) is 0. The Bertz CT molecular complexity index is 144. The molecule has 0 aromatic heterocycles. The molecule has 0 aliphatic carbocycles. The average Bonchev–Trinajstić information content (AvgIpc) is 2.27. The third kappa shape index (κ3) is 1.44. The molecular formula is C10H19N. The van der Waals surface area contributed by atoms with Crippen LogP contribution in [0.1, 0.15) is 33.1 Å². The monoisotopic (exact) mass is 153 g/mol. The van der Waals surface area contributed by atoms with Gasteiger partial charge in [0.15, 0.2) is 0 Å². The third-order valence-corrected chi connectivity index (χ3v) is 3.32. The smallest absolute Gasteiger partial charge is 0.0101 e. The van der Waals surface area contributed by atoms with Crippen molar-refractivity contribution in [2.75, 3.05) is 13.1 Å². The zero-order chi connectivity index (χ0) is 7.84. The first-order valence-corrected chi connectivity index (χ1v) is 4.99. The standard InChI is InChI=1S/C10H19N/c1-8-3-4-11-7-9(2)6-10(11)5-8/h8-10H,3-7H2,1-2H3/t8-,9+,10-/m1/s1. The maximum atomic E-state index is 2.70. The summed E-state index contributed by atoms with van der Waals surface area (Å²) < 4.78 is 0. The highest BCUT2D eigenvalue weighted by molar-refractivity contribution is 4.87. The Morgan fingerprint density at radius 1 is 1.09 bits per heavy atom. The van der Waals surface area contributed by atoms with Crippen LogP contribution in [0.4, 0.5) is 0 Å². The molecule has 2 fully saturated rings. The summed E-state index contributed by atoms with van der Waals surface area (Å²) in [5.74, 6) is 1.95. The van der Waals surface area contributed by atoms with Crippen molar-refractivity contribution in [3.63, 3.8) is 0 Å². The van der Waals surface area contributed by atoms with Crippen molar-refractivity contribution in [3.05, 3.63) is 0 Å². The zero-order valence-corrected chi connectivity index (χ0v) is 7.71.